The molecule has 0 aromatic carbocycles. The van der Waals surface area contributed by atoms with Crippen molar-refractivity contribution in [3.8, 4) is 0 Å². The van der Waals surface area contributed by atoms with Gasteiger partial charge in [0.05, 0.1) is 23.1 Å². The Hall–Kier alpha value is -2.32. The Kier molecular flexibility index (Phi) is 4.46. The molecule has 0 radical (unpaired) electrons. The second-order valence-electron chi connectivity index (χ2n) is 6.94. The summed E-state index contributed by atoms with van der Waals surface area (Å²) in [6.45, 7) is 5.05. The fraction of sp³-hybridized carbons (Fsp3) is 0.444. The molecule has 1 amide bonds. The number of nitrogens with zero attached hydrogens (tertiary/aromatic N) is 6. The summed E-state index contributed by atoms with van der Waals surface area (Å²) in [5.74, 6) is 0.314. The first-order chi connectivity index (χ1) is 12.5. The number of carbonyl (C=O) groups is 1. The fourth-order valence-electron chi connectivity index (χ4n) is 3.51. The molecule has 1 aliphatic heterocycles. The van der Waals surface area contributed by atoms with Crippen LogP contribution in [0.1, 0.15) is 39.0 Å². The van der Waals surface area contributed by atoms with Crippen LogP contribution in [0.3, 0.4) is 0 Å². The number of aromatic nitrogens is 4. The second kappa shape index (κ2) is 6.77. The number of aryl methyl sites for hydroxylation is 1. The molecule has 0 unspecified atom stereocenters. The molecule has 1 saturated heterocycles. The van der Waals surface area contributed by atoms with Crippen molar-refractivity contribution in [2.45, 2.75) is 25.8 Å². The predicted molar refractivity (Wildman–Crippen MR) is 100 cm³/mol. The third-order valence-corrected chi connectivity index (χ3v) is 5.89. The summed E-state index contributed by atoms with van der Waals surface area (Å²) in [5.41, 5.74) is 5.35. The number of thiazole rings is 1. The molecule has 3 aromatic rings. The van der Waals surface area contributed by atoms with Gasteiger partial charge in [-0.05, 0) is 26.0 Å². The smallest absolute Gasteiger partial charge is 0.258 e. The van der Waals surface area contributed by atoms with Crippen LogP contribution < -0.4 is 0 Å². The minimum Gasteiger partial charge on any atom is -0.345 e. The molecule has 3 aromatic heterocycles. The van der Waals surface area contributed by atoms with Gasteiger partial charge in [0, 0.05) is 44.2 Å². The maximum Gasteiger partial charge on any atom is 0.258 e. The van der Waals surface area contributed by atoms with Crippen LogP contribution in [0, 0.1) is 6.92 Å². The minimum absolute atomic E-state index is 0.0710. The average molecular weight is 370 g/mol. The van der Waals surface area contributed by atoms with Crippen molar-refractivity contribution < 1.29 is 4.79 Å². The Labute approximate surface area is 156 Å². The van der Waals surface area contributed by atoms with E-state index in [2.05, 4.69) is 26.9 Å². The maximum absolute atomic E-state index is 12.3. The molecule has 1 aliphatic rings. The summed E-state index contributed by atoms with van der Waals surface area (Å²) in [5, 5.41) is 4.46. The van der Waals surface area contributed by atoms with Gasteiger partial charge in [-0.1, -0.05) is 0 Å². The van der Waals surface area contributed by atoms with Gasteiger partial charge in [0.15, 0.2) is 5.65 Å². The Morgan fingerprint density at radius 1 is 1.38 bits per heavy atom. The van der Waals surface area contributed by atoms with Gasteiger partial charge in [-0.2, -0.15) is 5.10 Å². The number of amides is 1. The molecule has 0 bridgehead atoms. The molecule has 4 heterocycles. The molecule has 26 heavy (non-hydrogen) atoms. The number of carbonyl (C=O) groups excluding carboxylic acids is 1. The van der Waals surface area contributed by atoms with E-state index in [4.69, 9.17) is 0 Å². The molecule has 0 aliphatic carbocycles. The Morgan fingerprint density at radius 3 is 2.96 bits per heavy atom. The van der Waals surface area contributed by atoms with Gasteiger partial charge >= 0.3 is 0 Å². The van der Waals surface area contributed by atoms with Crippen molar-refractivity contribution in [1.29, 1.82) is 0 Å². The van der Waals surface area contributed by atoms with Gasteiger partial charge in [-0.15, -0.1) is 11.3 Å². The van der Waals surface area contributed by atoms with E-state index < -0.39 is 0 Å². The highest BCUT2D eigenvalue weighted by molar-refractivity contribution is 7.09. The van der Waals surface area contributed by atoms with Crippen LogP contribution in [0.5, 0.6) is 0 Å². The first kappa shape index (κ1) is 17.1. The van der Waals surface area contributed by atoms with E-state index in [1.807, 2.05) is 16.1 Å². The lowest BCUT2D eigenvalue weighted by Gasteiger charge is -2.16. The molecule has 136 valence electrons. The summed E-state index contributed by atoms with van der Waals surface area (Å²) in [4.78, 5) is 26.4. The second-order valence-corrected chi connectivity index (χ2v) is 7.88. The van der Waals surface area contributed by atoms with Crippen LogP contribution in [0.15, 0.2) is 24.0 Å². The van der Waals surface area contributed by atoms with Crippen molar-refractivity contribution in [2.75, 3.05) is 27.2 Å². The fourth-order valence-corrected chi connectivity index (χ4v) is 4.33. The number of rotatable bonds is 4. The van der Waals surface area contributed by atoms with Gasteiger partial charge in [0.1, 0.15) is 5.56 Å². The third-order valence-electron chi connectivity index (χ3n) is 4.97. The minimum atomic E-state index is -0.0710. The molecule has 0 N–H and O–H groups in total. The van der Waals surface area contributed by atoms with E-state index in [9.17, 15) is 4.79 Å². The molecule has 7 nitrogen and oxygen atoms in total. The summed E-state index contributed by atoms with van der Waals surface area (Å²) in [7, 11) is 3.48. The van der Waals surface area contributed by atoms with Gasteiger partial charge in [-0.3, -0.25) is 9.69 Å². The lowest BCUT2D eigenvalue weighted by atomic mass is 10.0. The molecular weight excluding hydrogens is 348 g/mol. The van der Waals surface area contributed by atoms with Crippen LogP contribution in [0.4, 0.5) is 0 Å². The lowest BCUT2D eigenvalue weighted by molar-refractivity contribution is 0.0829. The van der Waals surface area contributed by atoms with Gasteiger partial charge in [-0.25, -0.2) is 14.5 Å². The van der Waals surface area contributed by atoms with Crippen molar-refractivity contribution in [2.24, 2.45) is 0 Å². The zero-order valence-electron chi connectivity index (χ0n) is 15.2. The molecule has 0 spiro atoms. The van der Waals surface area contributed by atoms with Crippen molar-refractivity contribution in [1.82, 2.24) is 29.4 Å². The van der Waals surface area contributed by atoms with Crippen molar-refractivity contribution >= 4 is 22.9 Å². The summed E-state index contributed by atoms with van der Waals surface area (Å²) in [6, 6.07) is 2.02. The van der Waals surface area contributed by atoms with E-state index in [-0.39, 0.29) is 5.91 Å². The number of likely N-dealkylation sites (tertiary alicyclic amines) is 1. The Morgan fingerprint density at radius 2 is 2.23 bits per heavy atom. The molecule has 1 atom stereocenters. The van der Waals surface area contributed by atoms with Gasteiger partial charge < -0.3 is 4.90 Å². The van der Waals surface area contributed by atoms with Crippen LogP contribution in [-0.4, -0.2) is 62.5 Å². The van der Waals surface area contributed by atoms with E-state index in [1.165, 1.54) is 4.88 Å². The highest BCUT2D eigenvalue weighted by atomic mass is 32.1. The predicted octanol–water partition coefficient (Wildman–Crippen LogP) is 2.19. The Balaban J connectivity index is 1.58. The average Bonchev–Trinajstić information content (AvgIpc) is 3.35. The molecule has 8 heteroatoms. The highest BCUT2D eigenvalue weighted by Crippen LogP contribution is 2.29. The Bertz CT molecular complexity index is 946. The number of fused-ring (bicyclic) bond motifs is 1. The van der Waals surface area contributed by atoms with Gasteiger partial charge in [0.25, 0.3) is 5.91 Å². The summed E-state index contributed by atoms with van der Waals surface area (Å²) < 4.78 is 1.84. The van der Waals surface area contributed by atoms with E-state index >= 15 is 0 Å². The van der Waals surface area contributed by atoms with E-state index in [0.717, 1.165) is 37.4 Å². The number of hydrogen-bond acceptors (Lipinski definition) is 6. The molecule has 1 fully saturated rings. The van der Waals surface area contributed by atoms with Crippen LogP contribution in [0.2, 0.25) is 0 Å². The van der Waals surface area contributed by atoms with Gasteiger partial charge in [0.2, 0.25) is 0 Å². The molecule has 0 saturated carbocycles. The highest BCUT2D eigenvalue weighted by Gasteiger charge is 2.27. The van der Waals surface area contributed by atoms with Crippen LogP contribution >= 0.6 is 11.3 Å². The molecule has 4 rings (SSSR count). The third kappa shape index (κ3) is 2.99. The first-order valence-electron chi connectivity index (χ1n) is 8.70. The van der Waals surface area contributed by atoms with E-state index in [1.54, 1.807) is 42.7 Å². The standard InChI is InChI=1S/C18H22N6OS/c1-12-16(26-11-20-12)10-23-7-5-13(9-23)15-4-6-19-17-14(8-21-24(15)17)18(25)22(2)3/h4,6,8,11,13H,5,7,9-10H2,1-3H3/t13-/m1/s1. The topological polar surface area (TPSA) is 66.6 Å². The normalized spacial score (nSPS) is 17.9. The first-order valence-corrected chi connectivity index (χ1v) is 9.58. The largest absolute Gasteiger partial charge is 0.345 e. The van der Waals surface area contributed by atoms with Crippen LogP contribution in [0.25, 0.3) is 5.65 Å². The van der Waals surface area contributed by atoms with Crippen LogP contribution in [-0.2, 0) is 6.54 Å². The zero-order valence-corrected chi connectivity index (χ0v) is 16.0. The summed E-state index contributed by atoms with van der Waals surface area (Å²) in [6.07, 6.45) is 4.49. The number of hydrogen-bond donors (Lipinski definition) is 0. The summed E-state index contributed by atoms with van der Waals surface area (Å²) >= 11 is 1.72. The monoisotopic (exact) mass is 370 g/mol. The SMILES string of the molecule is Cc1ncsc1CN1CC[C@@H](c2ccnc3c(C(=O)N(C)C)cnn23)C1. The van der Waals surface area contributed by atoms with Crippen molar-refractivity contribution in [3.05, 3.63) is 45.8 Å². The molecular formula is C18H22N6OS. The van der Waals surface area contributed by atoms with E-state index in [0.29, 0.717) is 17.1 Å². The maximum atomic E-state index is 12.3. The lowest BCUT2D eigenvalue weighted by Crippen LogP contribution is -2.22. The quantitative estimate of drug-likeness (QED) is 0.704. The van der Waals surface area contributed by atoms with Crippen molar-refractivity contribution in [3.63, 3.8) is 0 Å². The zero-order chi connectivity index (χ0) is 18.3.